The molecule has 0 saturated heterocycles. The second-order valence-corrected chi connectivity index (χ2v) is 14.0. The number of para-hydroxylation sites is 1. The molecule has 2 N–H and O–H groups in total. The highest BCUT2D eigenvalue weighted by Gasteiger charge is 2.22. The van der Waals surface area contributed by atoms with Gasteiger partial charge >= 0.3 is 0 Å². The zero-order valence-electron chi connectivity index (χ0n) is 26.5. The number of carbonyl (C=O) groups excluding carboxylic acids is 1. The summed E-state index contributed by atoms with van der Waals surface area (Å²) in [4.78, 5) is 15.8. The number of fused-ring (bicyclic) bond motifs is 1. The van der Waals surface area contributed by atoms with Crippen molar-refractivity contribution < 1.29 is 22.7 Å². The average Bonchev–Trinajstić information content (AvgIpc) is 3.03. The predicted molar refractivity (Wildman–Crippen MR) is 179 cm³/mol. The first-order valence-corrected chi connectivity index (χ1v) is 16.5. The first-order chi connectivity index (χ1) is 21.5. The van der Waals surface area contributed by atoms with Crippen molar-refractivity contribution in [3.8, 4) is 11.5 Å². The lowest BCUT2D eigenvalue weighted by Gasteiger charge is -2.29. The molecule has 0 aromatic heterocycles. The number of rotatable bonds is 10. The molecule has 45 heavy (non-hydrogen) atoms. The van der Waals surface area contributed by atoms with Crippen molar-refractivity contribution >= 4 is 27.3 Å². The third kappa shape index (κ3) is 7.67. The minimum Gasteiger partial charge on any atom is -0.493 e. The predicted octanol–water partition coefficient (Wildman–Crippen LogP) is 6.66. The Hall–Kier alpha value is -4.34. The van der Waals surface area contributed by atoms with Crippen LogP contribution in [0.1, 0.15) is 53.4 Å². The highest BCUT2D eigenvalue weighted by Crippen LogP contribution is 2.33. The molecule has 0 fully saturated rings. The highest BCUT2D eigenvalue weighted by molar-refractivity contribution is 7.92. The fourth-order valence-electron chi connectivity index (χ4n) is 5.48. The molecule has 0 saturated carbocycles. The Labute approximate surface area is 266 Å². The molecular weight excluding hydrogens is 586 g/mol. The zero-order valence-corrected chi connectivity index (χ0v) is 27.3. The number of nitrogens with zero attached hydrogens (tertiary/aromatic N) is 1. The average molecular weight is 628 g/mol. The molecule has 0 radical (unpaired) electrons. The van der Waals surface area contributed by atoms with Crippen LogP contribution in [0.2, 0.25) is 0 Å². The van der Waals surface area contributed by atoms with Crippen LogP contribution in [0.3, 0.4) is 0 Å². The van der Waals surface area contributed by atoms with Crippen LogP contribution in [0.5, 0.6) is 11.5 Å². The summed E-state index contributed by atoms with van der Waals surface area (Å²) in [5, 5.41) is 2.91. The van der Waals surface area contributed by atoms with Crippen molar-refractivity contribution in [3.05, 3.63) is 113 Å². The summed E-state index contributed by atoms with van der Waals surface area (Å²) in [5.74, 6) is 1.12. The van der Waals surface area contributed by atoms with Gasteiger partial charge in [0.25, 0.3) is 15.9 Å². The van der Waals surface area contributed by atoms with Gasteiger partial charge in [0.2, 0.25) is 0 Å². The highest BCUT2D eigenvalue weighted by atomic mass is 32.2. The minimum atomic E-state index is -3.89. The zero-order chi connectivity index (χ0) is 32.2. The summed E-state index contributed by atoms with van der Waals surface area (Å²) in [6.45, 7) is 8.95. The maximum absolute atomic E-state index is 13.2. The summed E-state index contributed by atoms with van der Waals surface area (Å²) in [7, 11) is -0.577. The summed E-state index contributed by atoms with van der Waals surface area (Å²) >= 11 is 0. The van der Waals surface area contributed by atoms with Gasteiger partial charge in [0.15, 0.2) is 11.5 Å². The molecule has 5 rings (SSSR count). The Kier molecular flexibility index (Phi) is 9.51. The third-order valence-corrected chi connectivity index (χ3v) is 9.55. The fourth-order valence-corrected chi connectivity index (χ4v) is 6.56. The van der Waals surface area contributed by atoms with Gasteiger partial charge in [0.05, 0.1) is 30.4 Å². The quantitative estimate of drug-likeness (QED) is 0.204. The van der Waals surface area contributed by atoms with Crippen LogP contribution in [-0.4, -0.2) is 46.5 Å². The number of hydrogen-bond donors (Lipinski definition) is 2. The van der Waals surface area contributed by atoms with Gasteiger partial charge < -0.3 is 14.8 Å². The van der Waals surface area contributed by atoms with E-state index in [0.717, 1.165) is 55.1 Å². The number of benzene rings is 4. The molecule has 0 bridgehead atoms. The minimum absolute atomic E-state index is 0.0938. The maximum atomic E-state index is 13.2. The molecule has 4 aromatic carbocycles. The molecular formula is C36H41N3O5S. The van der Waals surface area contributed by atoms with Crippen molar-refractivity contribution in [2.75, 3.05) is 37.3 Å². The van der Waals surface area contributed by atoms with E-state index in [0.29, 0.717) is 5.69 Å². The first kappa shape index (κ1) is 32.1. The van der Waals surface area contributed by atoms with Gasteiger partial charge in [0, 0.05) is 25.3 Å². The topological polar surface area (TPSA) is 97.0 Å². The van der Waals surface area contributed by atoms with E-state index < -0.39 is 15.9 Å². The van der Waals surface area contributed by atoms with E-state index in [1.807, 2.05) is 36.4 Å². The summed E-state index contributed by atoms with van der Waals surface area (Å²) < 4.78 is 39.9. The molecule has 0 atom stereocenters. The Balaban J connectivity index is 1.19. The SMILES string of the molecule is COc1cc2c(cc1OC)CN(CCc1ccc(NC(=O)c3ccccc3NS(=O)(=O)c3ccc(C(C)(C)C)cc3)cc1)CC2. The number of carbonyl (C=O) groups is 1. The number of nitrogens with one attached hydrogen (secondary N) is 2. The van der Waals surface area contributed by atoms with Gasteiger partial charge in [-0.25, -0.2) is 8.42 Å². The normalized spacial score (nSPS) is 13.5. The summed E-state index contributed by atoms with van der Waals surface area (Å²) in [5.41, 5.74) is 5.74. The molecule has 236 valence electrons. The number of ether oxygens (including phenoxy) is 2. The molecule has 1 amide bonds. The van der Waals surface area contributed by atoms with Gasteiger partial charge in [-0.3, -0.25) is 14.4 Å². The molecule has 9 heteroatoms. The third-order valence-electron chi connectivity index (χ3n) is 8.17. The first-order valence-electron chi connectivity index (χ1n) is 15.1. The van der Waals surface area contributed by atoms with E-state index in [1.165, 1.54) is 11.1 Å². The van der Waals surface area contributed by atoms with E-state index in [-0.39, 0.29) is 21.6 Å². The van der Waals surface area contributed by atoms with Crippen LogP contribution in [0.25, 0.3) is 0 Å². The molecule has 4 aromatic rings. The van der Waals surface area contributed by atoms with E-state index in [1.54, 1.807) is 50.6 Å². The number of amides is 1. The number of sulfonamides is 1. The number of hydrogen-bond acceptors (Lipinski definition) is 6. The van der Waals surface area contributed by atoms with Crippen LogP contribution < -0.4 is 19.5 Å². The van der Waals surface area contributed by atoms with Crippen LogP contribution in [0, 0.1) is 0 Å². The summed E-state index contributed by atoms with van der Waals surface area (Å²) in [6.07, 6.45) is 1.83. The van der Waals surface area contributed by atoms with Gasteiger partial charge in [0.1, 0.15) is 0 Å². The van der Waals surface area contributed by atoms with E-state index in [4.69, 9.17) is 9.47 Å². The number of methoxy groups -OCH3 is 2. The Morgan fingerprint density at radius 1 is 0.867 bits per heavy atom. The molecule has 0 spiro atoms. The standard InChI is InChI=1S/C36H41N3O5S/c1-36(2,3)28-12-16-30(17-13-28)45(41,42)38-32-9-7-6-8-31(32)35(40)37-29-14-10-25(11-15-29)18-20-39-21-19-26-22-33(43-4)34(44-5)23-27(26)24-39/h6-17,22-23,38H,18-21,24H2,1-5H3,(H,37,40). The second-order valence-electron chi connectivity index (χ2n) is 12.3. The van der Waals surface area contributed by atoms with Crippen LogP contribution in [0.15, 0.2) is 89.8 Å². The fraction of sp³-hybridized carbons (Fsp3) is 0.306. The molecule has 1 aliphatic rings. The second kappa shape index (κ2) is 13.3. The van der Waals surface area contributed by atoms with Gasteiger partial charge in [-0.1, -0.05) is 57.2 Å². The molecule has 0 unspecified atom stereocenters. The van der Waals surface area contributed by atoms with Gasteiger partial charge in [-0.2, -0.15) is 0 Å². The lowest BCUT2D eigenvalue weighted by atomic mass is 9.87. The molecule has 8 nitrogen and oxygen atoms in total. The van der Waals surface area contributed by atoms with E-state index in [2.05, 4.69) is 47.8 Å². The Morgan fingerprint density at radius 2 is 1.51 bits per heavy atom. The van der Waals surface area contributed by atoms with Crippen molar-refractivity contribution in [1.82, 2.24) is 4.90 Å². The smallest absolute Gasteiger partial charge is 0.261 e. The van der Waals surface area contributed by atoms with Crippen molar-refractivity contribution in [1.29, 1.82) is 0 Å². The molecule has 1 heterocycles. The Bertz CT molecular complexity index is 1760. The van der Waals surface area contributed by atoms with Gasteiger partial charge in [-0.15, -0.1) is 0 Å². The lowest BCUT2D eigenvalue weighted by molar-refractivity contribution is 0.102. The Morgan fingerprint density at radius 3 is 2.16 bits per heavy atom. The molecule has 0 aliphatic carbocycles. The van der Waals surface area contributed by atoms with E-state index >= 15 is 0 Å². The maximum Gasteiger partial charge on any atom is 0.261 e. The number of anilines is 2. The van der Waals surface area contributed by atoms with Crippen LogP contribution >= 0.6 is 0 Å². The largest absolute Gasteiger partial charge is 0.493 e. The molecule has 1 aliphatic heterocycles. The monoisotopic (exact) mass is 627 g/mol. The van der Waals surface area contributed by atoms with Crippen LogP contribution in [0.4, 0.5) is 11.4 Å². The lowest BCUT2D eigenvalue weighted by Crippen LogP contribution is -2.32. The van der Waals surface area contributed by atoms with Crippen molar-refractivity contribution in [3.63, 3.8) is 0 Å². The summed E-state index contributed by atoms with van der Waals surface area (Å²) in [6, 6.07) is 25.3. The van der Waals surface area contributed by atoms with Gasteiger partial charge in [-0.05, 0) is 89.0 Å². The van der Waals surface area contributed by atoms with Crippen LogP contribution in [-0.2, 0) is 34.8 Å². The van der Waals surface area contributed by atoms with E-state index in [9.17, 15) is 13.2 Å². The van der Waals surface area contributed by atoms with Crippen molar-refractivity contribution in [2.24, 2.45) is 0 Å². The van der Waals surface area contributed by atoms with Crippen molar-refractivity contribution in [2.45, 2.75) is 50.5 Å².